The van der Waals surface area contributed by atoms with E-state index in [1.54, 1.807) is 17.1 Å². The second kappa shape index (κ2) is 8.53. The van der Waals surface area contributed by atoms with Gasteiger partial charge in [-0.15, -0.1) is 0 Å². The van der Waals surface area contributed by atoms with Gasteiger partial charge in [-0.1, -0.05) is 51.3 Å². The summed E-state index contributed by atoms with van der Waals surface area (Å²) in [5.74, 6) is -0.0394. The monoisotopic (exact) mass is 234 g/mol. The molecule has 0 atom stereocenters. The van der Waals surface area contributed by atoms with Gasteiger partial charge in [0.15, 0.2) is 0 Å². The highest BCUT2D eigenvalue weighted by molar-refractivity contribution is 5.98. The third-order valence-corrected chi connectivity index (χ3v) is 2.37. The van der Waals surface area contributed by atoms with Gasteiger partial charge in [-0.2, -0.15) is 0 Å². The van der Waals surface area contributed by atoms with Crippen LogP contribution in [0.4, 0.5) is 0 Å². The van der Waals surface area contributed by atoms with Gasteiger partial charge in [0.25, 0.3) is 5.91 Å². The smallest absolute Gasteiger partial charge is 0.255 e. The molecule has 0 aromatic carbocycles. The molecule has 0 saturated carbocycles. The highest BCUT2D eigenvalue weighted by atomic mass is 16.2. The molecular formula is C14H22N2O. The molecule has 0 radical (unpaired) electrons. The van der Waals surface area contributed by atoms with Crippen LogP contribution in [0.25, 0.3) is 0 Å². The lowest BCUT2D eigenvalue weighted by molar-refractivity contribution is -0.127. The zero-order valence-corrected chi connectivity index (χ0v) is 10.8. The normalized spacial score (nSPS) is 15.7. The van der Waals surface area contributed by atoms with E-state index in [0.717, 1.165) is 12.0 Å². The molecule has 0 fully saturated rings. The van der Waals surface area contributed by atoms with E-state index in [-0.39, 0.29) is 12.6 Å². The number of carbonyl (C=O) groups excluding carboxylic acids is 1. The molecule has 0 unspecified atom stereocenters. The zero-order chi connectivity index (χ0) is 13.3. The van der Waals surface area contributed by atoms with E-state index in [9.17, 15) is 4.79 Å². The Hall–Kier alpha value is -1.61. The highest BCUT2D eigenvalue weighted by Gasteiger charge is 2.22. The fourth-order valence-corrected chi connectivity index (χ4v) is 1.55. The summed E-state index contributed by atoms with van der Waals surface area (Å²) in [6.07, 6.45) is 7.81. The summed E-state index contributed by atoms with van der Waals surface area (Å²) in [5.41, 5.74) is 7.11. The minimum absolute atomic E-state index is 0.0394. The molecule has 2 N–H and O–H groups in total. The van der Waals surface area contributed by atoms with E-state index >= 15 is 0 Å². The summed E-state index contributed by atoms with van der Waals surface area (Å²) in [7, 11) is 0. The van der Waals surface area contributed by atoms with Crippen molar-refractivity contribution in [1.82, 2.24) is 4.90 Å². The molecule has 94 valence electrons. The van der Waals surface area contributed by atoms with E-state index < -0.39 is 0 Å². The van der Waals surface area contributed by atoms with Crippen LogP contribution in [0.1, 0.15) is 20.3 Å². The summed E-state index contributed by atoms with van der Waals surface area (Å²) >= 11 is 0. The fourth-order valence-electron chi connectivity index (χ4n) is 1.55. The summed E-state index contributed by atoms with van der Waals surface area (Å²) < 4.78 is 0. The Morgan fingerprint density at radius 2 is 2.06 bits per heavy atom. The quantitative estimate of drug-likeness (QED) is 0.759. The van der Waals surface area contributed by atoms with Gasteiger partial charge < -0.3 is 10.6 Å². The maximum absolute atomic E-state index is 11.8. The molecule has 0 aromatic rings. The van der Waals surface area contributed by atoms with E-state index in [2.05, 4.69) is 13.2 Å². The van der Waals surface area contributed by atoms with Crippen molar-refractivity contribution in [1.29, 1.82) is 0 Å². The molecule has 1 aliphatic rings. The van der Waals surface area contributed by atoms with E-state index in [0.29, 0.717) is 12.1 Å². The largest absolute Gasteiger partial charge is 0.326 e. The first-order chi connectivity index (χ1) is 8.24. The minimum Gasteiger partial charge on any atom is -0.326 e. The average Bonchev–Trinajstić information content (AvgIpc) is 2.38. The molecule has 1 rings (SSSR count). The summed E-state index contributed by atoms with van der Waals surface area (Å²) in [6.45, 7) is 12.2. The highest BCUT2D eigenvalue weighted by Crippen LogP contribution is 2.20. The Morgan fingerprint density at radius 1 is 1.41 bits per heavy atom. The van der Waals surface area contributed by atoms with Gasteiger partial charge in [0, 0.05) is 12.1 Å². The number of carbonyl (C=O) groups is 1. The van der Waals surface area contributed by atoms with Crippen LogP contribution in [-0.4, -0.2) is 24.0 Å². The average molecular weight is 234 g/mol. The van der Waals surface area contributed by atoms with Crippen LogP contribution in [0.5, 0.6) is 0 Å². The van der Waals surface area contributed by atoms with Crippen molar-refractivity contribution in [2.24, 2.45) is 5.73 Å². The Kier molecular flexibility index (Phi) is 7.72. The Balaban J connectivity index is 0.00000121. The van der Waals surface area contributed by atoms with Gasteiger partial charge in [-0.25, -0.2) is 0 Å². The van der Waals surface area contributed by atoms with E-state index in [1.165, 1.54) is 0 Å². The molecule has 0 spiro atoms. The fraction of sp³-hybridized carbons (Fsp3) is 0.357. The standard InChI is InChI=1S/C12H16N2O.C2H6/c1-3-5-6-10-7-8-14(9-13)12(15)11(10)4-2;1-2/h3-6H,1-2,7-9,13H2;1-2H3/b6-5-;. The molecule has 1 amide bonds. The van der Waals surface area contributed by atoms with Crippen LogP contribution in [0.2, 0.25) is 0 Å². The summed E-state index contributed by atoms with van der Waals surface area (Å²) in [6, 6.07) is 0. The maximum Gasteiger partial charge on any atom is 0.255 e. The number of rotatable bonds is 4. The number of hydrogen-bond acceptors (Lipinski definition) is 2. The van der Waals surface area contributed by atoms with Crippen LogP contribution < -0.4 is 5.73 Å². The molecule has 1 heterocycles. The molecule has 3 nitrogen and oxygen atoms in total. The van der Waals surface area contributed by atoms with Gasteiger partial charge >= 0.3 is 0 Å². The lowest BCUT2D eigenvalue weighted by atomic mass is 9.99. The Morgan fingerprint density at radius 3 is 2.53 bits per heavy atom. The molecular weight excluding hydrogens is 212 g/mol. The first-order valence-electron chi connectivity index (χ1n) is 5.88. The molecule has 3 heteroatoms. The van der Waals surface area contributed by atoms with Crippen molar-refractivity contribution < 1.29 is 4.79 Å². The minimum atomic E-state index is -0.0394. The molecule has 0 saturated heterocycles. The number of hydrogen-bond donors (Lipinski definition) is 1. The first-order valence-corrected chi connectivity index (χ1v) is 5.88. The summed E-state index contributed by atoms with van der Waals surface area (Å²) in [5, 5.41) is 0. The second-order valence-corrected chi connectivity index (χ2v) is 3.24. The number of nitrogens with zero attached hydrogens (tertiary/aromatic N) is 1. The van der Waals surface area contributed by atoms with Crippen LogP contribution >= 0.6 is 0 Å². The predicted octanol–water partition coefficient (Wildman–Crippen LogP) is 2.39. The van der Waals surface area contributed by atoms with E-state index in [1.807, 2.05) is 26.0 Å². The van der Waals surface area contributed by atoms with Crippen molar-refractivity contribution >= 4 is 5.91 Å². The van der Waals surface area contributed by atoms with Gasteiger partial charge in [-0.3, -0.25) is 4.79 Å². The third kappa shape index (κ3) is 4.04. The SMILES string of the molecule is C=C/C=C\C1=C(C=C)C(=O)N(CN)CC1.CC. The molecule has 0 aromatic heterocycles. The van der Waals surface area contributed by atoms with Crippen molar-refractivity contribution in [2.45, 2.75) is 20.3 Å². The van der Waals surface area contributed by atoms with Crippen molar-refractivity contribution in [3.05, 3.63) is 48.6 Å². The van der Waals surface area contributed by atoms with Crippen LogP contribution in [0, 0.1) is 0 Å². The molecule has 1 aliphatic heterocycles. The van der Waals surface area contributed by atoms with Crippen molar-refractivity contribution in [2.75, 3.05) is 13.2 Å². The Bertz CT molecular complexity index is 340. The zero-order valence-electron chi connectivity index (χ0n) is 10.8. The lowest BCUT2D eigenvalue weighted by Crippen LogP contribution is -2.40. The van der Waals surface area contributed by atoms with E-state index in [4.69, 9.17) is 5.73 Å². The Labute approximate surface area is 104 Å². The van der Waals surface area contributed by atoms with Crippen LogP contribution in [-0.2, 0) is 4.79 Å². The predicted molar refractivity (Wildman–Crippen MR) is 73.3 cm³/mol. The van der Waals surface area contributed by atoms with Gasteiger partial charge in [0.2, 0.25) is 0 Å². The van der Waals surface area contributed by atoms with Gasteiger partial charge in [0.05, 0.1) is 6.67 Å². The van der Waals surface area contributed by atoms with Gasteiger partial charge in [0.1, 0.15) is 0 Å². The van der Waals surface area contributed by atoms with Crippen LogP contribution in [0.3, 0.4) is 0 Å². The maximum atomic E-state index is 11.8. The number of nitrogens with two attached hydrogens (primary N) is 1. The third-order valence-electron chi connectivity index (χ3n) is 2.37. The van der Waals surface area contributed by atoms with Crippen molar-refractivity contribution in [3.63, 3.8) is 0 Å². The van der Waals surface area contributed by atoms with Crippen molar-refractivity contribution in [3.8, 4) is 0 Å². The topological polar surface area (TPSA) is 46.3 Å². The van der Waals surface area contributed by atoms with Crippen LogP contribution in [0.15, 0.2) is 48.6 Å². The molecule has 17 heavy (non-hydrogen) atoms. The number of amides is 1. The second-order valence-electron chi connectivity index (χ2n) is 3.24. The lowest BCUT2D eigenvalue weighted by Gasteiger charge is -2.27. The first kappa shape index (κ1) is 15.4. The molecule has 0 aliphatic carbocycles. The summed E-state index contributed by atoms with van der Waals surface area (Å²) in [4.78, 5) is 13.4. The molecule has 0 bridgehead atoms. The number of allylic oxidation sites excluding steroid dienone is 3. The van der Waals surface area contributed by atoms with Gasteiger partial charge in [-0.05, 0) is 12.0 Å².